The minimum Gasteiger partial charge on any atom is -0.396 e. The van der Waals surface area contributed by atoms with E-state index in [0.29, 0.717) is 0 Å². The highest BCUT2D eigenvalue weighted by Crippen LogP contribution is 2.38. The number of hydrogen-bond acceptors (Lipinski definition) is 2. The quantitative estimate of drug-likeness (QED) is 0.527. The van der Waals surface area contributed by atoms with Gasteiger partial charge in [-0.05, 0) is 32.3 Å². The number of rotatable bonds is 12. The van der Waals surface area contributed by atoms with Crippen molar-refractivity contribution in [3.63, 3.8) is 0 Å². The molecule has 0 aromatic heterocycles. The lowest BCUT2D eigenvalue weighted by molar-refractivity contribution is 0.0447. The first-order valence-electron chi connectivity index (χ1n) is 9.39. The van der Waals surface area contributed by atoms with Crippen molar-refractivity contribution < 1.29 is 5.11 Å². The number of benzene rings is 1. The van der Waals surface area contributed by atoms with E-state index in [1.165, 1.54) is 44.1 Å². The summed E-state index contributed by atoms with van der Waals surface area (Å²) in [5.41, 5.74) is 7.13. The van der Waals surface area contributed by atoms with E-state index in [2.05, 4.69) is 45.0 Å². The summed E-state index contributed by atoms with van der Waals surface area (Å²) in [6, 6.07) is 10.4. The van der Waals surface area contributed by atoms with Crippen molar-refractivity contribution in [2.24, 2.45) is 11.1 Å². The molecule has 0 aliphatic rings. The van der Waals surface area contributed by atoms with Gasteiger partial charge in [-0.1, -0.05) is 82.2 Å². The lowest BCUT2D eigenvalue weighted by Gasteiger charge is -2.44. The smallest absolute Gasteiger partial charge is 0.0508 e. The lowest BCUT2D eigenvalue weighted by Crippen LogP contribution is -2.54. The molecule has 0 aliphatic carbocycles. The average Bonchev–Trinajstić information content (AvgIpc) is 2.52. The molecule has 23 heavy (non-hydrogen) atoms. The van der Waals surface area contributed by atoms with Gasteiger partial charge in [0.15, 0.2) is 0 Å². The van der Waals surface area contributed by atoms with Crippen molar-refractivity contribution in [2.75, 3.05) is 6.61 Å². The summed E-state index contributed by atoms with van der Waals surface area (Å²) in [5.74, 6) is 0. The van der Waals surface area contributed by atoms with Gasteiger partial charge >= 0.3 is 0 Å². The Morgan fingerprint density at radius 3 is 2.00 bits per heavy atom. The first kappa shape index (κ1) is 20.2. The molecule has 1 aromatic carbocycles. The highest BCUT2D eigenvalue weighted by Gasteiger charge is 2.41. The minimum absolute atomic E-state index is 0.154. The molecule has 1 unspecified atom stereocenters. The van der Waals surface area contributed by atoms with Crippen LogP contribution in [0.4, 0.5) is 0 Å². The molecule has 0 spiro atoms. The van der Waals surface area contributed by atoms with Gasteiger partial charge in [0.25, 0.3) is 0 Å². The molecule has 132 valence electrons. The maximum atomic E-state index is 10.2. The molecule has 0 aliphatic heterocycles. The van der Waals surface area contributed by atoms with E-state index in [0.717, 1.165) is 19.3 Å². The summed E-state index contributed by atoms with van der Waals surface area (Å²) in [5, 5.41) is 10.2. The van der Waals surface area contributed by atoms with Gasteiger partial charge in [-0.2, -0.15) is 0 Å². The van der Waals surface area contributed by atoms with Crippen LogP contribution in [-0.2, 0) is 6.42 Å². The molecule has 0 bridgehead atoms. The molecule has 1 rings (SSSR count). The Hall–Kier alpha value is -0.860. The summed E-state index contributed by atoms with van der Waals surface area (Å²) < 4.78 is 0. The zero-order valence-corrected chi connectivity index (χ0v) is 15.5. The van der Waals surface area contributed by atoms with Crippen LogP contribution in [0.2, 0.25) is 0 Å². The fourth-order valence-corrected chi connectivity index (χ4v) is 3.38. The van der Waals surface area contributed by atoms with Crippen molar-refractivity contribution in [1.82, 2.24) is 0 Å². The molecule has 0 heterocycles. The van der Waals surface area contributed by atoms with Crippen molar-refractivity contribution in [3.8, 4) is 0 Å². The first-order valence-corrected chi connectivity index (χ1v) is 9.39. The number of aliphatic hydroxyl groups is 1. The van der Waals surface area contributed by atoms with Crippen LogP contribution in [0.15, 0.2) is 30.3 Å². The van der Waals surface area contributed by atoms with Crippen LogP contribution in [0.1, 0.15) is 77.7 Å². The second-order valence-corrected chi connectivity index (χ2v) is 7.69. The summed E-state index contributed by atoms with van der Waals surface area (Å²) >= 11 is 0. The van der Waals surface area contributed by atoms with Gasteiger partial charge in [-0.3, -0.25) is 0 Å². The predicted molar refractivity (Wildman–Crippen MR) is 101 cm³/mol. The second kappa shape index (κ2) is 10.1. The Kier molecular flexibility index (Phi) is 8.86. The van der Waals surface area contributed by atoms with E-state index in [1.54, 1.807) is 0 Å². The van der Waals surface area contributed by atoms with Gasteiger partial charge in [-0.25, -0.2) is 0 Å². The summed E-state index contributed by atoms with van der Waals surface area (Å²) in [6.45, 7) is 6.53. The van der Waals surface area contributed by atoms with E-state index < -0.39 is 0 Å². The van der Waals surface area contributed by atoms with Crippen molar-refractivity contribution in [2.45, 2.75) is 84.1 Å². The molecular formula is C21H37NO. The lowest BCUT2D eigenvalue weighted by atomic mass is 9.65. The monoisotopic (exact) mass is 319 g/mol. The van der Waals surface area contributed by atoms with Gasteiger partial charge in [0.05, 0.1) is 6.61 Å². The number of unbranched alkanes of at least 4 members (excludes halogenated alkanes) is 6. The molecule has 0 amide bonds. The average molecular weight is 320 g/mol. The van der Waals surface area contributed by atoms with E-state index >= 15 is 0 Å². The fraction of sp³-hybridized carbons (Fsp3) is 0.714. The van der Waals surface area contributed by atoms with E-state index in [1.807, 2.05) is 6.07 Å². The van der Waals surface area contributed by atoms with Gasteiger partial charge in [-0.15, -0.1) is 0 Å². The van der Waals surface area contributed by atoms with Crippen LogP contribution in [0, 0.1) is 5.41 Å². The molecule has 1 aromatic rings. The Labute approximate surface area is 143 Å². The highest BCUT2D eigenvalue weighted by atomic mass is 16.3. The predicted octanol–water partition coefficient (Wildman–Crippen LogP) is 5.09. The third-order valence-electron chi connectivity index (χ3n) is 5.31. The normalized spacial score (nSPS) is 14.7. The van der Waals surface area contributed by atoms with E-state index in [9.17, 15) is 5.11 Å². The topological polar surface area (TPSA) is 46.2 Å². The van der Waals surface area contributed by atoms with Crippen LogP contribution in [0.5, 0.6) is 0 Å². The molecule has 0 saturated carbocycles. The number of nitrogens with two attached hydrogens (primary N) is 1. The second-order valence-electron chi connectivity index (χ2n) is 7.69. The molecule has 0 fully saturated rings. The molecule has 1 atom stereocenters. The van der Waals surface area contributed by atoms with Crippen molar-refractivity contribution in [3.05, 3.63) is 35.9 Å². The van der Waals surface area contributed by atoms with Gasteiger partial charge in [0, 0.05) is 11.0 Å². The molecular weight excluding hydrogens is 282 g/mol. The van der Waals surface area contributed by atoms with E-state index in [4.69, 9.17) is 5.73 Å². The standard InChI is InChI=1S/C21H37NO/c1-4-5-6-7-8-9-13-16-21(18-23,20(2,3)22)17-19-14-11-10-12-15-19/h10-12,14-15,23H,4-9,13,16-18,22H2,1-3H3. The Balaban J connectivity index is 2.59. The maximum absolute atomic E-state index is 10.2. The molecule has 2 nitrogen and oxygen atoms in total. The van der Waals surface area contributed by atoms with Crippen LogP contribution in [0.25, 0.3) is 0 Å². The Morgan fingerprint density at radius 1 is 0.913 bits per heavy atom. The summed E-state index contributed by atoms with van der Waals surface area (Å²) in [6.07, 6.45) is 10.9. The van der Waals surface area contributed by atoms with Gasteiger partial charge in [0.2, 0.25) is 0 Å². The molecule has 2 heteroatoms. The SMILES string of the molecule is CCCCCCCCCC(CO)(Cc1ccccc1)C(C)(C)N. The minimum atomic E-state index is -0.389. The first-order chi connectivity index (χ1) is 10.9. The van der Waals surface area contributed by atoms with Crippen LogP contribution >= 0.6 is 0 Å². The summed E-state index contributed by atoms with van der Waals surface area (Å²) in [4.78, 5) is 0. The third-order valence-corrected chi connectivity index (χ3v) is 5.31. The Morgan fingerprint density at radius 2 is 1.48 bits per heavy atom. The van der Waals surface area contributed by atoms with Crippen molar-refractivity contribution >= 4 is 0 Å². The summed E-state index contributed by atoms with van der Waals surface area (Å²) in [7, 11) is 0. The van der Waals surface area contributed by atoms with Crippen LogP contribution < -0.4 is 5.73 Å². The van der Waals surface area contributed by atoms with Gasteiger partial charge < -0.3 is 10.8 Å². The number of aliphatic hydroxyl groups excluding tert-OH is 1. The zero-order valence-electron chi connectivity index (χ0n) is 15.5. The third kappa shape index (κ3) is 6.64. The Bertz CT molecular complexity index is 410. The van der Waals surface area contributed by atoms with Crippen molar-refractivity contribution in [1.29, 1.82) is 0 Å². The molecule has 3 N–H and O–H groups in total. The van der Waals surface area contributed by atoms with E-state index in [-0.39, 0.29) is 17.6 Å². The largest absolute Gasteiger partial charge is 0.396 e. The number of hydrogen-bond donors (Lipinski definition) is 2. The van der Waals surface area contributed by atoms with Gasteiger partial charge in [0.1, 0.15) is 0 Å². The zero-order chi connectivity index (χ0) is 17.2. The molecule has 0 radical (unpaired) electrons. The molecule has 0 saturated heterocycles. The fourth-order valence-electron chi connectivity index (χ4n) is 3.38. The maximum Gasteiger partial charge on any atom is 0.0508 e. The highest BCUT2D eigenvalue weighted by molar-refractivity contribution is 5.18. The van der Waals surface area contributed by atoms with Crippen LogP contribution in [0.3, 0.4) is 0 Å². The van der Waals surface area contributed by atoms with Crippen LogP contribution in [-0.4, -0.2) is 17.3 Å².